The van der Waals surface area contributed by atoms with E-state index in [1.54, 1.807) is 32.2 Å². The molecule has 1 rings (SSSR count). The lowest BCUT2D eigenvalue weighted by atomic mass is 10.2. The molecule has 102 valence electrons. The number of benzene rings is 1. The fourth-order valence-electron chi connectivity index (χ4n) is 1.55. The van der Waals surface area contributed by atoms with Gasteiger partial charge >= 0.3 is 0 Å². The number of ether oxygens (including phenoxy) is 1. The molecular formula is C13H21NO3S. The van der Waals surface area contributed by atoms with Crippen molar-refractivity contribution < 1.29 is 13.2 Å². The molecule has 0 spiro atoms. The van der Waals surface area contributed by atoms with E-state index in [-0.39, 0.29) is 6.10 Å². The van der Waals surface area contributed by atoms with Crippen LogP contribution < -0.4 is 0 Å². The number of likely N-dealkylation sites (N-methyl/N-ethyl adjacent to an activating group) is 1. The average molecular weight is 271 g/mol. The summed E-state index contributed by atoms with van der Waals surface area (Å²) in [6, 6.07) is 6.99. The summed E-state index contributed by atoms with van der Waals surface area (Å²) in [5, 5.41) is 0. The Morgan fingerprint density at radius 2 is 1.89 bits per heavy atom. The van der Waals surface area contributed by atoms with Crippen molar-refractivity contribution in [3.63, 3.8) is 0 Å². The highest BCUT2D eigenvalue weighted by Crippen LogP contribution is 2.17. The highest BCUT2D eigenvalue weighted by atomic mass is 32.2. The van der Waals surface area contributed by atoms with E-state index in [0.717, 1.165) is 5.56 Å². The van der Waals surface area contributed by atoms with Gasteiger partial charge in [-0.2, -0.15) is 4.31 Å². The van der Waals surface area contributed by atoms with E-state index in [1.807, 2.05) is 19.9 Å². The Morgan fingerprint density at radius 3 is 2.44 bits per heavy atom. The second-order valence-electron chi connectivity index (χ2n) is 4.51. The minimum Gasteiger partial charge on any atom is -0.377 e. The Hall–Kier alpha value is -0.910. The second kappa shape index (κ2) is 6.31. The van der Waals surface area contributed by atoms with Gasteiger partial charge in [-0.15, -0.1) is 0 Å². The van der Waals surface area contributed by atoms with Crippen LogP contribution in [0.4, 0.5) is 0 Å². The summed E-state index contributed by atoms with van der Waals surface area (Å²) in [6.45, 7) is 6.41. The summed E-state index contributed by atoms with van der Waals surface area (Å²) in [7, 11) is -1.84. The van der Waals surface area contributed by atoms with Gasteiger partial charge in [0.15, 0.2) is 0 Å². The van der Waals surface area contributed by atoms with Crippen LogP contribution in [0.5, 0.6) is 0 Å². The van der Waals surface area contributed by atoms with Crippen molar-refractivity contribution in [2.45, 2.75) is 31.8 Å². The Bertz CT molecular complexity index is 483. The molecule has 0 aliphatic carbocycles. The van der Waals surface area contributed by atoms with Gasteiger partial charge < -0.3 is 4.74 Å². The van der Waals surface area contributed by atoms with E-state index in [2.05, 4.69) is 0 Å². The lowest BCUT2D eigenvalue weighted by Gasteiger charge is -2.19. The first-order valence-electron chi connectivity index (χ1n) is 5.99. The summed E-state index contributed by atoms with van der Waals surface area (Å²) in [5.74, 6) is 0. The molecule has 1 aromatic carbocycles. The van der Waals surface area contributed by atoms with Crippen LogP contribution in [0.2, 0.25) is 0 Å². The van der Waals surface area contributed by atoms with Crippen LogP contribution >= 0.6 is 0 Å². The second-order valence-corrected chi connectivity index (χ2v) is 6.52. The van der Waals surface area contributed by atoms with Crippen molar-refractivity contribution in [3.8, 4) is 0 Å². The Labute approximate surface area is 110 Å². The molecule has 18 heavy (non-hydrogen) atoms. The van der Waals surface area contributed by atoms with Gasteiger partial charge in [0.1, 0.15) is 0 Å². The van der Waals surface area contributed by atoms with Crippen LogP contribution in [-0.2, 0) is 14.8 Å². The topological polar surface area (TPSA) is 46.6 Å². The molecule has 0 aliphatic rings. The van der Waals surface area contributed by atoms with Crippen molar-refractivity contribution in [3.05, 3.63) is 29.8 Å². The zero-order valence-corrected chi connectivity index (χ0v) is 12.2. The normalized spacial score (nSPS) is 12.3. The molecule has 0 fully saturated rings. The third kappa shape index (κ3) is 3.80. The third-order valence-electron chi connectivity index (χ3n) is 2.64. The van der Waals surface area contributed by atoms with E-state index in [4.69, 9.17) is 4.74 Å². The first kappa shape index (κ1) is 15.1. The van der Waals surface area contributed by atoms with Gasteiger partial charge in [0.2, 0.25) is 10.0 Å². The van der Waals surface area contributed by atoms with E-state index < -0.39 is 10.0 Å². The molecule has 0 unspecified atom stereocenters. The molecule has 0 N–H and O–H groups in total. The molecule has 0 saturated carbocycles. The van der Waals surface area contributed by atoms with Crippen LogP contribution in [-0.4, -0.2) is 39.0 Å². The van der Waals surface area contributed by atoms with Crippen LogP contribution in [0.25, 0.3) is 0 Å². The fourth-order valence-corrected chi connectivity index (χ4v) is 2.93. The monoisotopic (exact) mass is 271 g/mol. The smallest absolute Gasteiger partial charge is 0.243 e. The SMILES string of the molecule is Cc1ccccc1S(=O)(=O)N(C)CCOC(C)C. The summed E-state index contributed by atoms with van der Waals surface area (Å²) in [5.41, 5.74) is 0.758. The van der Waals surface area contributed by atoms with E-state index in [9.17, 15) is 8.42 Å². The maximum absolute atomic E-state index is 12.3. The Balaban J connectivity index is 2.78. The summed E-state index contributed by atoms with van der Waals surface area (Å²) < 4.78 is 31.3. The highest BCUT2D eigenvalue weighted by molar-refractivity contribution is 7.89. The number of nitrogens with zero attached hydrogens (tertiary/aromatic N) is 1. The number of rotatable bonds is 6. The molecule has 0 atom stereocenters. The molecular weight excluding hydrogens is 250 g/mol. The molecule has 0 amide bonds. The molecule has 0 bridgehead atoms. The molecule has 4 nitrogen and oxygen atoms in total. The quantitative estimate of drug-likeness (QED) is 0.795. The molecule has 0 heterocycles. The van der Waals surface area contributed by atoms with Gasteiger partial charge in [0.05, 0.1) is 17.6 Å². The predicted octanol–water partition coefficient (Wildman–Crippen LogP) is 2.04. The molecule has 0 aromatic heterocycles. The maximum Gasteiger partial charge on any atom is 0.243 e. The van der Waals surface area contributed by atoms with Crippen molar-refractivity contribution in [1.29, 1.82) is 0 Å². The molecule has 0 aliphatic heterocycles. The zero-order valence-electron chi connectivity index (χ0n) is 11.4. The Morgan fingerprint density at radius 1 is 1.28 bits per heavy atom. The summed E-state index contributed by atoms with van der Waals surface area (Å²) in [6.07, 6.45) is 0.111. The van der Waals surface area contributed by atoms with E-state index in [1.165, 1.54) is 4.31 Å². The lowest BCUT2D eigenvalue weighted by Crippen LogP contribution is -2.31. The van der Waals surface area contributed by atoms with Crippen LogP contribution in [0.3, 0.4) is 0 Å². The van der Waals surface area contributed by atoms with Gasteiger partial charge in [-0.3, -0.25) is 0 Å². The van der Waals surface area contributed by atoms with Gasteiger partial charge in [-0.05, 0) is 32.4 Å². The molecule has 0 saturated heterocycles. The molecule has 5 heteroatoms. The van der Waals surface area contributed by atoms with Gasteiger partial charge in [0, 0.05) is 13.6 Å². The van der Waals surface area contributed by atoms with Crippen LogP contribution in [0, 0.1) is 6.92 Å². The standard InChI is InChI=1S/C13H21NO3S/c1-11(2)17-10-9-14(4)18(15,16)13-8-6-5-7-12(13)3/h5-8,11H,9-10H2,1-4H3. The first-order chi connectivity index (χ1) is 8.35. The number of hydrogen-bond donors (Lipinski definition) is 0. The fraction of sp³-hybridized carbons (Fsp3) is 0.538. The van der Waals surface area contributed by atoms with Crippen molar-refractivity contribution in [2.75, 3.05) is 20.2 Å². The van der Waals surface area contributed by atoms with E-state index in [0.29, 0.717) is 18.0 Å². The van der Waals surface area contributed by atoms with Crippen molar-refractivity contribution in [1.82, 2.24) is 4.31 Å². The highest BCUT2D eigenvalue weighted by Gasteiger charge is 2.21. The maximum atomic E-state index is 12.3. The number of hydrogen-bond acceptors (Lipinski definition) is 3. The Kier molecular flexibility index (Phi) is 5.31. The van der Waals surface area contributed by atoms with E-state index >= 15 is 0 Å². The third-order valence-corrected chi connectivity index (χ3v) is 4.66. The summed E-state index contributed by atoms with van der Waals surface area (Å²) in [4.78, 5) is 0.358. The van der Waals surface area contributed by atoms with Crippen molar-refractivity contribution in [2.24, 2.45) is 0 Å². The van der Waals surface area contributed by atoms with Crippen LogP contribution in [0.1, 0.15) is 19.4 Å². The molecule has 0 radical (unpaired) electrons. The van der Waals surface area contributed by atoms with Crippen LogP contribution in [0.15, 0.2) is 29.2 Å². The number of aryl methyl sites for hydroxylation is 1. The van der Waals surface area contributed by atoms with Gasteiger partial charge in [0.25, 0.3) is 0 Å². The summed E-state index contributed by atoms with van der Waals surface area (Å²) >= 11 is 0. The minimum absolute atomic E-state index is 0.111. The first-order valence-corrected chi connectivity index (χ1v) is 7.43. The molecule has 1 aromatic rings. The van der Waals surface area contributed by atoms with Crippen molar-refractivity contribution >= 4 is 10.0 Å². The largest absolute Gasteiger partial charge is 0.377 e. The number of sulfonamides is 1. The predicted molar refractivity (Wildman–Crippen MR) is 72.1 cm³/mol. The van der Waals surface area contributed by atoms with Gasteiger partial charge in [-0.25, -0.2) is 8.42 Å². The lowest BCUT2D eigenvalue weighted by molar-refractivity contribution is 0.0737. The minimum atomic E-state index is -3.41. The average Bonchev–Trinajstić information content (AvgIpc) is 2.28. The van der Waals surface area contributed by atoms with Gasteiger partial charge in [-0.1, -0.05) is 18.2 Å². The zero-order chi connectivity index (χ0) is 13.8.